The molecule has 0 saturated heterocycles. The van der Waals surface area contributed by atoms with Crippen molar-refractivity contribution in [2.75, 3.05) is 11.9 Å². The molecule has 0 amide bonds. The minimum Gasteiger partial charge on any atom is -0.492 e. The Hall–Kier alpha value is -1.96. The zero-order chi connectivity index (χ0) is 15.4. The van der Waals surface area contributed by atoms with E-state index in [0.717, 1.165) is 11.4 Å². The van der Waals surface area contributed by atoms with E-state index in [1.807, 2.05) is 6.92 Å². The van der Waals surface area contributed by atoms with Gasteiger partial charge in [0.25, 0.3) is 0 Å². The van der Waals surface area contributed by atoms with E-state index in [9.17, 15) is 0 Å². The van der Waals surface area contributed by atoms with Crippen LogP contribution in [-0.2, 0) is 0 Å². The minimum atomic E-state index is 0.243. The molecule has 2 nitrogen and oxygen atoms in total. The van der Waals surface area contributed by atoms with E-state index >= 15 is 0 Å². The number of hydrogen-bond acceptors (Lipinski definition) is 2. The van der Waals surface area contributed by atoms with Gasteiger partial charge in [-0.15, -0.1) is 0 Å². The Balaban J connectivity index is 2.24. The molecule has 112 valence electrons. The summed E-state index contributed by atoms with van der Waals surface area (Å²) < 4.78 is 5.74. The van der Waals surface area contributed by atoms with Crippen molar-refractivity contribution in [2.24, 2.45) is 0 Å². The molecule has 0 spiro atoms. The highest BCUT2D eigenvalue weighted by Crippen LogP contribution is 2.30. The van der Waals surface area contributed by atoms with Crippen LogP contribution in [0.15, 0.2) is 36.4 Å². The number of rotatable bonds is 5. The number of benzene rings is 2. The van der Waals surface area contributed by atoms with E-state index in [2.05, 4.69) is 69.4 Å². The van der Waals surface area contributed by atoms with Crippen LogP contribution in [0.25, 0.3) is 0 Å². The molecular weight excluding hydrogens is 258 g/mol. The van der Waals surface area contributed by atoms with Crippen molar-refractivity contribution < 1.29 is 4.74 Å². The van der Waals surface area contributed by atoms with Crippen LogP contribution in [0.2, 0.25) is 0 Å². The van der Waals surface area contributed by atoms with Gasteiger partial charge in [0.1, 0.15) is 5.75 Å². The van der Waals surface area contributed by atoms with Gasteiger partial charge in [-0.3, -0.25) is 0 Å². The van der Waals surface area contributed by atoms with Crippen LogP contribution in [-0.4, -0.2) is 6.61 Å². The quantitative estimate of drug-likeness (QED) is 0.816. The SMILES string of the molecule is CCOc1cc(C)ccc1NC(C)c1ccc(C)cc1C. The van der Waals surface area contributed by atoms with Gasteiger partial charge in [-0.1, -0.05) is 29.8 Å². The van der Waals surface area contributed by atoms with Crippen LogP contribution in [0, 0.1) is 20.8 Å². The Morgan fingerprint density at radius 2 is 1.67 bits per heavy atom. The number of anilines is 1. The summed E-state index contributed by atoms with van der Waals surface area (Å²) in [7, 11) is 0. The summed E-state index contributed by atoms with van der Waals surface area (Å²) in [6.07, 6.45) is 0. The second-order valence-electron chi connectivity index (χ2n) is 5.66. The number of nitrogens with one attached hydrogen (secondary N) is 1. The van der Waals surface area contributed by atoms with Gasteiger partial charge in [0.15, 0.2) is 0 Å². The lowest BCUT2D eigenvalue weighted by atomic mass is 10.00. The maximum atomic E-state index is 5.74. The van der Waals surface area contributed by atoms with Crippen LogP contribution in [0.3, 0.4) is 0 Å². The molecule has 1 N–H and O–H groups in total. The fourth-order valence-electron chi connectivity index (χ4n) is 2.65. The van der Waals surface area contributed by atoms with Crippen molar-refractivity contribution in [3.63, 3.8) is 0 Å². The lowest BCUT2D eigenvalue weighted by Gasteiger charge is -2.20. The van der Waals surface area contributed by atoms with E-state index in [4.69, 9.17) is 4.74 Å². The first kappa shape index (κ1) is 15.4. The average molecular weight is 283 g/mol. The largest absolute Gasteiger partial charge is 0.492 e. The molecule has 0 aromatic heterocycles. The Bertz CT molecular complexity index is 619. The Kier molecular flexibility index (Phi) is 4.89. The zero-order valence-corrected chi connectivity index (χ0v) is 13.7. The Morgan fingerprint density at radius 1 is 1.00 bits per heavy atom. The molecular formula is C19H25NO. The van der Waals surface area contributed by atoms with Gasteiger partial charge in [-0.2, -0.15) is 0 Å². The summed E-state index contributed by atoms with van der Waals surface area (Å²) in [5.74, 6) is 0.925. The van der Waals surface area contributed by atoms with Crippen LogP contribution in [0.1, 0.15) is 42.1 Å². The van der Waals surface area contributed by atoms with E-state index in [-0.39, 0.29) is 6.04 Å². The van der Waals surface area contributed by atoms with Crippen molar-refractivity contribution in [1.29, 1.82) is 0 Å². The van der Waals surface area contributed by atoms with E-state index in [0.29, 0.717) is 6.61 Å². The van der Waals surface area contributed by atoms with Crippen LogP contribution >= 0.6 is 0 Å². The highest BCUT2D eigenvalue weighted by atomic mass is 16.5. The van der Waals surface area contributed by atoms with Crippen LogP contribution < -0.4 is 10.1 Å². The van der Waals surface area contributed by atoms with E-state index < -0.39 is 0 Å². The summed E-state index contributed by atoms with van der Waals surface area (Å²) in [6.45, 7) is 11.3. The molecule has 2 rings (SSSR count). The molecule has 0 aliphatic heterocycles. The minimum absolute atomic E-state index is 0.243. The molecule has 0 saturated carbocycles. The van der Waals surface area contributed by atoms with E-state index in [1.165, 1.54) is 22.3 Å². The normalized spacial score (nSPS) is 12.0. The summed E-state index contributed by atoms with van der Waals surface area (Å²) in [4.78, 5) is 0. The summed E-state index contributed by atoms with van der Waals surface area (Å²) in [5.41, 5.74) is 6.20. The molecule has 0 fully saturated rings. The van der Waals surface area contributed by atoms with Crippen molar-refractivity contribution in [1.82, 2.24) is 0 Å². The third kappa shape index (κ3) is 3.78. The molecule has 2 heteroatoms. The number of hydrogen-bond donors (Lipinski definition) is 1. The van der Waals surface area contributed by atoms with Gasteiger partial charge >= 0.3 is 0 Å². The molecule has 1 atom stereocenters. The van der Waals surface area contributed by atoms with Crippen molar-refractivity contribution >= 4 is 5.69 Å². The molecule has 0 heterocycles. The van der Waals surface area contributed by atoms with Gasteiger partial charge in [-0.05, 0) is 63.4 Å². The molecule has 0 bridgehead atoms. The maximum absolute atomic E-state index is 5.74. The highest BCUT2D eigenvalue weighted by molar-refractivity contribution is 5.59. The van der Waals surface area contributed by atoms with Gasteiger partial charge in [0, 0.05) is 6.04 Å². The molecule has 21 heavy (non-hydrogen) atoms. The third-order valence-corrected chi connectivity index (χ3v) is 3.70. The fraction of sp³-hybridized carbons (Fsp3) is 0.368. The van der Waals surface area contributed by atoms with Gasteiger partial charge in [0.2, 0.25) is 0 Å². The first-order valence-electron chi connectivity index (χ1n) is 7.58. The first-order valence-corrected chi connectivity index (χ1v) is 7.58. The first-order chi connectivity index (χ1) is 10.0. The topological polar surface area (TPSA) is 21.3 Å². The van der Waals surface area contributed by atoms with Gasteiger partial charge in [-0.25, -0.2) is 0 Å². The predicted octanol–water partition coefficient (Wildman–Crippen LogP) is 5.18. The van der Waals surface area contributed by atoms with Gasteiger partial charge in [0.05, 0.1) is 12.3 Å². The second kappa shape index (κ2) is 6.66. The molecule has 2 aromatic rings. The molecule has 0 aliphatic carbocycles. The number of ether oxygens (including phenoxy) is 1. The van der Waals surface area contributed by atoms with Gasteiger partial charge < -0.3 is 10.1 Å². The van der Waals surface area contributed by atoms with Crippen LogP contribution in [0.5, 0.6) is 5.75 Å². The predicted molar refractivity (Wildman–Crippen MR) is 90.3 cm³/mol. The molecule has 0 aliphatic rings. The summed E-state index contributed by atoms with van der Waals surface area (Å²) >= 11 is 0. The monoisotopic (exact) mass is 283 g/mol. The lowest BCUT2D eigenvalue weighted by molar-refractivity contribution is 0.341. The summed E-state index contributed by atoms with van der Waals surface area (Å²) in [5, 5.41) is 3.57. The van der Waals surface area contributed by atoms with E-state index in [1.54, 1.807) is 0 Å². The maximum Gasteiger partial charge on any atom is 0.142 e. The average Bonchev–Trinajstić information content (AvgIpc) is 2.42. The highest BCUT2D eigenvalue weighted by Gasteiger charge is 2.11. The lowest BCUT2D eigenvalue weighted by Crippen LogP contribution is -2.10. The third-order valence-electron chi connectivity index (χ3n) is 3.70. The molecule has 0 radical (unpaired) electrons. The van der Waals surface area contributed by atoms with Crippen molar-refractivity contribution in [2.45, 2.75) is 40.7 Å². The smallest absolute Gasteiger partial charge is 0.142 e. The number of aryl methyl sites for hydroxylation is 3. The summed E-state index contributed by atoms with van der Waals surface area (Å²) in [6, 6.07) is 13.1. The zero-order valence-electron chi connectivity index (χ0n) is 13.7. The molecule has 1 unspecified atom stereocenters. The van der Waals surface area contributed by atoms with Crippen molar-refractivity contribution in [3.8, 4) is 5.75 Å². The van der Waals surface area contributed by atoms with Crippen molar-refractivity contribution in [3.05, 3.63) is 58.7 Å². The molecule has 2 aromatic carbocycles. The fourth-order valence-corrected chi connectivity index (χ4v) is 2.65. The standard InChI is InChI=1S/C19H25NO/c1-6-21-19-12-14(3)8-10-18(19)20-16(5)17-9-7-13(2)11-15(17)4/h7-12,16,20H,6H2,1-5H3. The second-order valence-corrected chi connectivity index (χ2v) is 5.66. The Labute approximate surface area is 128 Å². The van der Waals surface area contributed by atoms with Crippen LogP contribution in [0.4, 0.5) is 5.69 Å². The Morgan fingerprint density at radius 3 is 2.33 bits per heavy atom.